The highest BCUT2D eigenvalue weighted by molar-refractivity contribution is 9.09. The first kappa shape index (κ1) is 14.4. The zero-order chi connectivity index (χ0) is 13.1. The molecule has 0 aliphatic heterocycles. The number of hydrogen-bond acceptors (Lipinski definition) is 1. The molecule has 0 saturated heterocycles. The van der Waals surface area contributed by atoms with Gasteiger partial charge in [0.25, 0.3) is 0 Å². The molecule has 110 valence electrons. The van der Waals surface area contributed by atoms with E-state index in [0.717, 1.165) is 11.8 Å². The standard InChI is InChI=1S/C17H30BrN/c18-13-17(9-3-1-2-4-10-17)14-19(11-15-5-6-15)12-16-7-8-16/h15-16H,1-14H2. The van der Waals surface area contributed by atoms with Gasteiger partial charge in [-0.25, -0.2) is 0 Å². The molecule has 0 heterocycles. The molecule has 2 heteroatoms. The third-order valence-corrected chi connectivity index (χ3v) is 6.62. The maximum atomic E-state index is 3.87. The summed E-state index contributed by atoms with van der Waals surface area (Å²) in [6.45, 7) is 4.20. The van der Waals surface area contributed by atoms with Crippen molar-refractivity contribution >= 4 is 15.9 Å². The van der Waals surface area contributed by atoms with Crippen LogP contribution in [0.25, 0.3) is 0 Å². The lowest BCUT2D eigenvalue weighted by atomic mass is 9.82. The van der Waals surface area contributed by atoms with Gasteiger partial charge in [-0.1, -0.05) is 41.6 Å². The van der Waals surface area contributed by atoms with Crippen molar-refractivity contribution in [3.05, 3.63) is 0 Å². The summed E-state index contributed by atoms with van der Waals surface area (Å²) in [5, 5.41) is 1.23. The summed E-state index contributed by atoms with van der Waals surface area (Å²) in [5.74, 6) is 2.11. The van der Waals surface area contributed by atoms with Crippen LogP contribution in [-0.4, -0.2) is 29.9 Å². The van der Waals surface area contributed by atoms with Gasteiger partial charge in [0, 0.05) is 25.0 Å². The molecule has 0 amide bonds. The summed E-state index contributed by atoms with van der Waals surface area (Å²) < 4.78 is 0. The number of nitrogens with zero attached hydrogens (tertiary/aromatic N) is 1. The highest BCUT2D eigenvalue weighted by Crippen LogP contribution is 2.40. The minimum Gasteiger partial charge on any atom is -0.302 e. The Morgan fingerprint density at radius 1 is 0.842 bits per heavy atom. The highest BCUT2D eigenvalue weighted by Gasteiger charge is 2.36. The van der Waals surface area contributed by atoms with Gasteiger partial charge in [-0.2, -0.15) is 0 Å². The SMILES string of the molecule is BrCC1(CN(CC2CC2)CC2CC2)CCCCCC1. The molecular weight excluding hydrogens is 298 g/mol. The molecule has 0 aromatic carbocycles. The van der Waals surface area contributed by atoms with Crippen molar-refractivity contribution < 1.29 is 0 Å². The van der Waals surface area contributed by atoms with Gasteiger partial charge in [0.2, 0.25) is 0 Å². The predicted octanol–water partition coefficient (Wildman–Crippen LogP) is 4.84. The smallest absolute Gasteiger partial charge is 0.0100 e. The normalized spacial score (nSPS) is 27.5. The van der Waals surface area contributed by atoms with E-state index in [1.165, 1.54) is 89.2 Å². The molecule has 0 aromatic heterocycles. The van der Waals surface area contributed by atoms with E-state index in [-0.39, 0.29) is 0 Å². The van der Waals surface area contributed by atoms with Gasteiger partial charge in [0.05, 0.1) is 0 Å². The summed E-state index contributed by atoms with van der Waals surface area (Å²) in [6, 6.07) is 0. The topological polar surface area (TPSA) is 3.24 Å². The summed E-state index contributed by atoms with van der Waals surface area (Å²) >= 11 is 3.87. The second-order valence-electron chi connectivity index (χ2n) is 7.63. The maximum Gasteiger partial charge on any atom is 0.0100 e. The first-order valence-electron chi connectivity index (χ1n) is 8.58. The molecular formula is C17H30BrN. The van der Waals surface area contributed by atoms with Crippen LogP contribution < -0.4 is 0 Å². The fourth-order valence-electron chi connectivity index (χ4n) is 3.82. The van der Waals surface area contributed by atoms with E-state index in [2.05, 4.69) is 20.8 Å². The Morgan fingerprint density at radius 2 is 1.37 bits per heavy atom. The molecule has 3 saturated carbocycles. The van der Waals surface area contributed by atoms with E-state index < -0.39 is 0 Å². The minimum atomic E-state index is 0.598. The van der Waals surface area contributed by atoms with E-state index in [1.807, 2.05) is 0 Å². The van der Waals surface area contributed by atoms with Crippen LogP contribution in [0.4, 0.5) is 0 Å². The van der Waals surface area contributed by atoms with Crippen molar-refractivity contribution in [3.8, 4) is 0 Å². The molecule has 0 spiro atoms. The molecule has 0 aromatic rings. The van der Waals surface area contributed by atoms with Crippen LogP contribution >= 0.6 is 15.9 Å². The van der Waals surface area contributed by atoms with Gasteiger partial charge < -0.3 is 4.90 Å². The zero-order valence-corrected chi connectivity index (χ0v) is 14.0. The molecule has 0 atom stereocenters. The molecule has 1 nitrogen and oxygen atoms in total. The second-order valence-corrected chi connectivity index (χ2v) is 8.19. The second kappa shape index (κ2) is 6.47. The molecule has 3 aliphatic carbocycles. The Morgan fingerprint density at radius 3 is 1.79 bits per heavy atom. The molecule has 0 unspecified atom stereocenters. The summed E-state index contributed by atoms with van der Waals surface area (Å²) in [4.78, 5) is 2.86. The number of hydrogen-bond donors (Lipinski definition) is 0. The van der Waals surface area contributed by atoms with Crippen molar-refractivity contribution in [2.75, 3.05) is 25.0 Å². The van der Waals surface area contributed by atoms with Crippen molar-refractivity contribution in [1.82, 2.24) is 4.90 Å². The van der Waals surface area contributed by atoms with Gasteiger partial charge in [-0.05, 0) is 55.8 Å². The lowest BCUT2D eigenvalue weighted by molar-refractivity contribution is 0.141. The minimum absolute atomic E-state index is 0.598. The summed E-state index contributed by atoms with van der Waals surface area (Å²) in [7, 11) is 0. The van der Waals surface area contributed by atoms with Crippen molar-refractivity contribution in [3.63, 3.8) is 0 Å². The van der Waals surface area contributed by atoms with Crippen LogP contribution in [0.1, 0.15) is 64.2 Å². The molecule has 3 aliphatic rings. The average Bonchev–Trinajstić information content (AvgIpc) is 3.26. The fourth-order valence-corrected chi connectivity index (χ4v) is 4.56. The molecule has 19 heavy (non-hydrogen) atoms. The van der Waals surface area contributed by atoms with Gasteiger partial charge in [0.15, 0.2) is 0 Å². The third kappa shape index (κ3) is 4.46. The zero-order valence-electron chi connectivity index (χ0n) is 12.4. The Hall–Kier alpha value is 0.440. The molecule has 3 fully saturated rings. The van der Waals surface area contributed by atoms with Crippen LogP contribution in [0.5, 0.6) is 0 Å². The highest BCUT2D eigenvalue weighted by atomic mass is 79.9. The molecule has 3 rings (SSSR count). The third-order valence-electron chi connectivity index (χ3n) is 5.43. The lowest BCUT2D eigenvalue weighted by Gasteiger charge is -2.37. The summed E-state index contributed by atoms with van der Waals surface area (Å²) in [5.41, 5.74) is 0.598. The Labute approximate surface area is 127 Å². The van der Waals surface area contributed by atoms with E-state index in [9.17, 15) is 0 Å². The summed E-state index contributed by atoms with van der Waals surface area (Å²) in [6.07, 6.45) is 14.8. The van der Waals surface area contributed by atoms with Crippen LogP contribution in [0.15, 0.2) is 0 Å². The fraction of sp³-hybridized carbons (Fsp3) is 1.00. The van der Waals surface area contributed by atoms with Crippen molar-refractivity contribution in [1.29, 1.82) is 0 Å². The van der Waals surface area contributed by atoms with Crippen molar-refractivity contribution in [2.45, 2.75) is 64.2 Å². The van der Waals surface area contributed by atoms with Gasteiger partial charge in [-0.3, -0.25) is 0 Å². The van der Waals surface area contributed by atoms with E-state index in [1.54, 1.807) is 0 Å². The molecule has 0 N–H and O–H groups in total. The van der Waals surface area contributed by atoms with E-state index in [4.69, 9.17) is 0 Å². The monoisotopic (exact) mass is 327 g/mol. The predicted molar refractivity (Wildman–Crippen MR) is 85.8 cm³/mol. The van der Waals surface area contributed by atoms with E-state index >= 15 is 0 Å². The molecule has 0 radical (unpaired) electrons. The number of rotatable bonds is 7. The Bertz CT molecular complexity index is 261. The van der Waals surface area contributed by atoms with E-state index in [0.29, 0.717) is 5.41 Å². The van der Waals surface area contributed by atoms with Gasteiger partial charge in [0.1, 0.15) is 0 Å². The average molecular weight is 328 g/mol. The van der Waals surface area contributed by atoms with Gasteiger partial charge in [-0.15, -0.1) is 0 Å². The first-order chi connectivity index (χ1) is 9.30. The van der Waals surface area contributed by atoms with Crippen LogP contribution in [-0.2, 0) is 0 Å². The van der Waals surface area contributed by atoms with Gasteiger partial charge >= 0.3 is 0 Å². The van der Waals surface area contributed by atoms with Crippen molar-refractivity contribution in [2.24, 2.45) is 17.3 Å². The lowest BCUT2D eigenvalue weighted by Crippen LogP contribution is -2.41. The number of halogens is 1. The Kier molecular flexibility index (Phi) is 4.90. The van der Waals surface area contributed by atoms with Crippen LogP contribution in [0, 0.1) is 17.3 Å². The van der Waals surface area contributed by atoms with Crippen LogP contribution in [0.2, 0.25) is 0 Å². The Balaban J connectivity index is 1.58. The largest absolute Gasteiger partial charge is 0.302 e. The van der Waals surface area contributed by atoms with Crippen LogP contribution in [0.3, 0.4) is 0 Å². The quantitative estimate of drug-likeness (QED) is 0.477. The number of alkyl halides is 1. The first-order valence-corrected chi connectivity index (χ1v) is 9.70. The maximum absolute atomic E-state index is 3.87. The molecule has 0 bridgehead atoms.